The summed E-state index contributed by atoms with van der Waals surface area (Å²) in [5.41, 5.74) is 0.569. The largest absolute Gasteiger partial charge is 0.341 e. The number of carbonyl (C=O) groups is 1. The molecule has 0 spiro atoms. The zero-order valence-electron chi connectivity index (χ0n) is 9.04. The molecule has 0 aromatic heterocycles. The minimum absolute atomic E-state index is 0.0984. The Morgan fingerprint density at radius 1 is 1.33 bits per heavy atom. The van der Waals surface area contributed by atoms with Crippen LogP contribution in [-0.2, 0) is 4.79 Å². The van der Waals surface area contributed by atoms with Gasteiger partial charge in [-0.2, -0.15) is 0 Å². The zero-order valence-corrected chi connectivity index (χ0v) is 10.6. The molecule has 84 valence electrons. The van der Waals surface area contributed by atoms with Crippen molar-refractivity contribution in [2.45, 2.75) is 43.4 Å². The lowest BCUT2D eigenvalue weighted by atomic mass is 9.98. The van der Waals surface area contributed by atoms with Crippen LogP contribution < -0.4 is 0 Å². The number of halogens is 1. The summed E-state index contributed by atoms with van der Waals surface area (Å²) < 4.78 is 0. The van der Waals surface area contributed by atoms with Gasteiger partial charge in [-0.15, -0.1) is 0 Å². The third-order valence-corrected chi connectivity index (χ3v) is 5.16. The standard InChI is InChI=1S/C12H18BrNO/c13-10-2-1-7-14(11(10)15)8-12(5-6-12)9-3-4-9/h9-10H,1-8H2. The number of rotatable bonds is 3. The van der Waals surface area contributed by atoms with Crippen molar-refractivity contribution in [3.63, 3.8) is 0 Å². The second kappa shape index (κ2) is 3.47. The molecule has 2 nitrogen and oxygen atoms in total. The Morgan fingerprint density at radius 2 is 2.07 bits per heavy atom. The molecule has 1 aliphatic heterocycles. The van der Waals surface area contributed by atoms with Gasteiger partial charge >= 0.3 is 0 Å². The molecular formula is C12H18BrNO. The van der Waals surface area contributed by atoms with Crippen LogP contribution in [0.15, 0.2) is 0 Å². The summed E-state index contributed by atoms with van der Waals surface area (Å²) in [7, 11) is 0. The third kappa shape index (κ3) is 1.83. The van der Waals surface area contributed by atoms with Crippen LogP contribution in [0.3, 0.4) is 0 Å². The number of amides is 1. The first-order chi connectivity index (χ1) is 7.21. The highest BCUT2D eigenvalue weighted by Crippen LogP contribution is 2.61. The molecule has 15 heavy (non-hydrogen) atoms. The Bertz CT molecular complexity index is 283. The Kier molecular flexibility index (Phi) is 2.35. The van der Waals surface area contributed by atoms with E-state index < -0.39 is 0 Å². The van der Waals surface area contributed by atoms with Gasteiger partial charge in [0.15, 0.2) is 0 Å². The molecule has 1 unspecified atom stereocenters. The predicted molar refractivity (Wildman–Crippen MR) is 62.9 cm³/mol. The first kappa shape index (κ1) is 10.1. The van der Waals surface area contributed by atoms with E-state index in [4.69, 9.17) is 0 Å². The Labute approximate surface area is 99.5 Å². The first-order valence-electron chi connectivity index (χ1n) is 6.14. The molecule has 1 saturated heterocycles. The molecular weight excluding hydrogens is 254 g/mol. The maximum Gasteiger partial charge on any atom is 0.236 e. The molecule has 3 fully saturated rings. The Morgan fingerprint density at radius 3 is 2.67 bits per heavy atom. The average molecular weight is 272 g/mol. The number of likely N-dealkylation sites (tertiary alicyclic amines) is 1. The van der Waals surface area contributed by atoms with Gasteiger partial charge in [0.2, 0.25) is 5.91 Å². The lowest BCUT2D eigenvalue weighted by molar-refractivity contribution is -0.133. The summed E-state index contributed by atoms with van der Waals surface area (Å²) in [6.07, 6.45) is 7.76. The van der Waals surface area contributed by atoms with E-state index in [1.807, 2.05) is 0 Å². The van der Waals surface area contributed by atoms with Crippen LogP contribution in [0, 0.1) is 11.3 Å². The highest BCUT2D eigenvalue weighted by Gasteiger charge is 2.55. The van der Waals surface area contributed by atoms with Crippen molar-refractivity contribution in [2.24, 2.45) is 11.3 Å². The molecule has 0 bridgehead atoms. The van der Waals surface area contributed by atoms with Crippen molar-refractivity contribution in [3.8, 4) is 0 Å². The fourth-order valence-electron chi connectivity index (χ4n) is 2.98. The number of piperidine rings is 1. The van der Waals surface area contributed by atoms with Crippen LogP contribution >= 0.6 is 15.9 Å². The molecule has 3 aliphatic rings. The highest BCUT2D eigenvalue weighted by atomic mass is 79.9. The Balaban J connectivity index is 1.64. The summed E-state index contributed by atoms with van der Waals surface area (Å²) in [5.74, 6) is 1.30. The van der Waals surface area contributed by atoms with Gasteiger partial charge in [0.1, 0.15) is 0 Å². The van der Waals surface area contributed by atoms with E-state index in [-0.39, 0.29) is 4.83 Å². The summed E-state index contributed by atoms with van der Waals surface area (Å²) in [5, 5.41) is 0. The van der Waals surface area contributed by atoms with Crippen molar-refractivity contribution in [2.75, 3.05) is 13.1 Å². The highest BCUT2D eigenvalue weighted by molar-refractivity contribution is 9.10. The number of nitrogens with zero attached hydrogens (tertiary/aromatic N) is 1. The molecule has 0 aromatic rings. The lowest BCUT2D eigenvalue weighted by Gasteiger charge is -2.33. The summed E-state index contributed by atoms with van der Waals surface area (Å²) >= 11 is 3.48. The van der Waals surface area contributed by atoms with E-state index in [1.54, 1.807) is 0 Å². The molecule has 1 atom stereocenters. The molecule has 1 amide bonds. The quantitative estimate of drug-likeness (QED) is 0.723. The van der Waals surface area contributed by atoms with Crippen molar-refractivity contribution >= 4 is 21.8 Å². The van der Waals surface area contributed by atoms with E-state index in [0.29, 0.717) is 11.3 Å². The number of alkyl halides is 1. The minimum Gasteiger partial charge on any atom is -0.341 e. The molecule has 1 heterocycles. The van der Waals surface area contributed by atoms with Crippen LogP contribution in [0.5, 0.6) is 0 Å². The van der Waals surface area contributed by atoms with Crippen LogP contribution in [0.25, 0.3) is 0 Å². The van der Waals surface area contributed by atoms with Gasteiger partial charge in [-0.25, -0.2) is 0 Å². The zero-order chi connectivity index (χ0) is 10.5. The normalized spacial score (nSPS) is 34.3. The van der Waals surface area contributed by atoms with Gasteiger partial charge in [0, 0.05) is 13.1 Å². The van der Waals surface area contributed by atoms with Gasteiger partial charge in [0.25, 0.3) is 0 Å². The van der Waals surface area contributed by atoms with Crippen LogP contribution in [0.1, 0.15) is 38.5 Å². The first-order valence-corrected chi connectivity index (χ1v) is 7.06. The molecule has 0 N–H and O–H groups in total. The van der Waals surface area contributed by atoms with Crippen molar-refractivity contribution < 1.29 is 4.79 Å². The molecule has 3 rings (SSSR count). The lowest BCUT2D eigenvalue weighted by Crippen LogP contribution is -2.44. The molecule has 3 heteroatoms. The second-order valence-corrected chi connectivity index (χ2v) is 6.61. The van der Waals surface area contributed by atoms with Gasteiger partial charge in [-0.3, -0.25) is 4.79 Å². The summed E-state index contributed by atoms with van der Waals surface area (Å²) in [6.45, 7) is 2.05. The molecule has 2 saturated carbocycles. The average Bonchev–Trinajstić information content (AvgIpc) is 3.04. The fourth-order valence-corrected chi connectivity index (χ4v) is 3.60. The summed E-state index contributed by atoms with van der Waals surface area (Å²) in [4.78, 5) is 14.2. The van der Waals surface area contributed by atoms with E-state index in [2.05, 4.69) is 20.8 Å². The van der Waals surface area contributed by atoms with Gasteiger partial charge in [-0.1, -0.05) is 15.9 Å². The van der Waals surface area contributed by atoms with Crippen LogP contribution in [0.2, 0.25) is 0 Å². The number of hydrogen-bond acceptors (Lipinski definition) is 1. The van der Waals surface area contributed by atoms with Crippen LogP contribution in [0.4, 0.5) is 0 Å². The van der Waals surface area contributed by atoms with Crippen molar-refractivity contribution in [1.82, 2.24) is 4.90 Å². The number of hydrogen-bond donors (Lipinski definition) is 0. The van der Waals surface area contributed by atoms with Gasteiger partial charge in [0.05, 0.1) is 4.83 Å². The molecule has 0 aromatic carbocycles. The maximum atomic E-state index is 12.0. The third-order valence-electron chi connectivity index (χ3n) is 4.31. The maximum absolute atomic E-state index is 12.0. The Hall–Kier alpha value is -0.0500. The second-order valence-electron chi connectivity index (χ2n) is 5.51. The fraction of sp³-hybridized carbons (Fsp3) is 0.917. The van der Waals surface area contributed by atoms with Gasteiger partial charge in [-0.05, 0) is 49.9 Å². The predicted octanol–water partition coefficient (Wildman–Crippen LogP) is 2.56. The SMILES string of the molecule is O=C1C(Br)CCCN1CC1(C2CC2)CC1. The van der Waals surface area contributed by atoms with Crippen LogP contribution in [-0.4, -0.2) is 28.7 Å². The topological polar surface area (TPSA) is 20.3 Å². The number of carbonyl (C=O) groups excluding carboxylic acids is 1. The van der Waals surface area contributed by atoms with Gasteiger partial charge < -0.3 is 4.90 Å². The smallest absolute Gasteiger partial charge is 0.236 e. The van der Waals surface area contributed by atoms with E-state index in [9.17, 15) is 4.79 Å². The monoisotopic (exact) mass is 271 g/mol. The van der Waals surface area contributed by atoms with Crippen molar-refractivity contribution in [1.29, 1.82) is 0 Å². The molecule has 2 aliphatic carbocycles. The molecule has 0 radical (unpaired) electrons. The van der Waals surface area contributed by atoms with Crippen molar-refractivity contribution in [3.05, 3.63) is 0 Å². The van der Waals surface area contributed by atoms with E-state index in [1.165, 1.54) is 32.1 Å². The summed E-state index contributed by atoms with van der Waals surface area (Å²) in [6, 6.07) is 0. The van der Waals surface area contributed by atoms with E-state index >= 15 is 0 Å². The van der Waals surface area contributed by atoms with E-state index in [0.717, 1.165) is 25.4 Å². The minimum atomic E-state index is 0.0984.